The summed E-state index contributed by atoms with van der Waals surface area (Å²) in [6.07, 6.45) is 4.44. The van der Waals surface area contributed by atoms with Gasteiger partial charge in [-0.05, 0) is 19.8 Å². The number of nitrogens with one attached hydrogen (secondary N) is 2. The van der Waals surface area contributed by atoms with Crippen LogP contribution in [-0.2, 0) is 11.3 Å². The number of ether oxygens (including phenoxy) is 1. The van der Waals surface area contributed by atoms with Crippen molar-refractivity contribution in [3.63, 3.8) is 0 Å². The molecule has 0 spiro atoms. The average molecular weight is 396 g/mol. The normalized spacial score (nSPS) is 19.0. The summed E-state index contributed by atoms with van der Waals surface area (Å²) in [6.45, 7) is 5.25. The van der Waals surface area contributed by atoms with Gasteiger partial charge in [0.1, 0.15) is 5.01 Å². The number of aromatic nitrogens is 1. The Morgan fingerprint density at radius 2 is 2.47 bits per heavy atom. The van der Waals surface area contributed by atoms with Crippen molar-refractivity contribution in [1.29, 1.82) is 0 Å². The van der Waals surface area contributed by atoms with Crippen LogP contribution in [0, 0.1) is 0 Å². The zero-order valence-electron chi connectivity index (χ0n) is 11.1. The Morgan fingerprint density at radius 1 is 1.58 bits per heavy atom. The first-order valence-electron chi connectivity index (χ1n) is 6.40. The SMILES string of the molecule is CCNC(=NCc1nccs1)NCC1CCCO1.I. The third-order valence-electron chi connectivity index (χ3n) is 2.72. The fraction of sp³-hybridized carbons (Fsp3) is 0.667. The highest BCUT2D eigenvalue weighted by atomic mass is 127. The van der Waals surface area contributed by atoms with Gasteiger partial charge in [0.05, 0.1) is 12.6 Å². The van der Waals surface area contributed by atoms with E-state index in [1.807, 2.05) is 11.6 Å². The van der Waals surface area contributed by atoms with Gasteiger partial charge in [-0.15, -0.1) is 35.3 Å². The van der Waals surface area contributed by atoms with Gasteiger partial charge in [-0.1, -0.05) is 0 Å². The molecule has 0 bridgehead atoms. The highest BCUT2D eigenvalue weighted by molar-refractivity contribution is 14.0. The van der Waals surface area contributed by atoms with E-state index in [-0.39, 0.29) is 24.0 Å². The summed E-state index contributed by atoms with van der Waals surface area (Å²) in [5.41, 5.74) is 0. The van der Waals surface area contributed by atoms with Crippen molar-refractivity contribution in [3.8, 4) is 0 Å². The summed E-state index contributed by atoms with van der Waals surface area (Å²) in [6, 6.07) is 0. The molecule has 19 heavy (non-hydrogen) atoms. The molecule has 1 unspecified atom stereocenters. The van der Waals surface area contributed by atoms with Crippen LogP contribution in [0.15, 0.2) is 16.6 Å². The number of nitrogens with zero attached hydrogens (tertiary/aromatic N) is 2. The lowest BCUT2D eigenvalue weighted by molar-refractivity contribution is 0.114. The molecule has 108 valence electrons. The number of rotatable bonds is 5. The topological polar surface area (TPSA) is 58.5 Å². The molecule has 1 aliphatic rings. The first-order valence-corrected chi connectivity index (χ1v) is 7.28. The van der Waals surface area contributed by atoms with Gasteiger partial charge in [0.2, 0.25) is 0 Å². The molecule has 0 radical (unpaired) electrons. The number of hydrogen-bond acceptors (Lipinski definition) is 4. The van der Waals surface area contributed by atoms with Crippen LogP contribution in [0.4, 0.5) is 0 Å². The van der Waals surface area contributed by atoms with Crippen molar-refractivity contribution in [2.24, 2.45) is 4.99 Å². The molecule has 1 fully saturated rings. The van der Waals surface area contributed by atoms with Gasteiger partial charge < -0.3 is 15.4 Å². The Balaban J connectivity index is 0.00000180. The first-order chi connectivity index (χ1) is 8.88. The van der Waals surface area contributed by atoms with Gasteiger partial charge in [0.15, 0.2) is 5.96 Å². The molecule has 1 atom stereocenters. The number of aliphatic imine (C=N–C) groups is 1. The number of halogens is 1. The summed E-state index contributed by atoms with van der Waals surface area (Å²) in [7, 11) is 0. The van der Waals surface area contributed by atoms with Crippen LogP contribution in [0.25, 0.3) is 0 Å². The van der Waals surface area contributed by atoms with Crippen molar-refractivity contribution >= 4 is 41.3 Å². The standard InChI is InChI=1S/C12H20N4OS.HI/c1-2-13-12(15-8-10-4-3-6-17-10)16-9-11-14-5-7-18-11;/h5,7,10H,2-4,6,8-9H2,1H3,(H2,13,15,16);1H. The van der Waals surface area contributed by atoms with Crippen molar-refractivity contribution in [2.45, 2.75) is 32.4 Å². The van der Waals surface area contributed by atoms with Gasteiger partial charge in [-0.2, -0.15) is 0 Å². The van der Waals surface area contributed by atoms with E-state index in [2.05, 4.69) is 27.5 Å². The van der Waals surface area contributed by atoms with Gasteiger partial charge in [-0.3, -0.25) is 0 Å². The highest BCUT2D eigenvalue weighted by Crippen LogP contribution is 2.10. The molecule has 2 rings (SSSR count). The molecule has 5 nitrogen and oxygen atoms in total. The van der Waals surface area contributed by atoms with E-state index >= 15 is 0 Å². The second-order valence-corrected chi connectivity index (χ2v) is 5.12. The fourth-order valence-electron chi connectivity index (χ4n) is 1.84. The third-order valence-corrected chi connectivity index (χ3v) is 3.49. The minimum atomic E-state index is 0. The first kappa shape index (κ1) is 16.6. The van der Waals surface area contributed by atoms with Gasteiger partial charge in [0, 0.05) is 31.3 Å². The van der Waals surface area contributed by atoms with E-state index in [0.29, 0.717) is 12.6 Å². The maximum atomic E-state index is 5.58. The predicted molar refractivity (Wildman–Crippen MR) is 89.3 cm³/mol. The molecule has 1 aromatic heterocycles. The Kier molecular flexibility index (Phi) is 8.31. The van der Waals surface area contributed by atoms with Crippen molar-refractivity contribution in [2.75, 3.05) is 19.7 Å². The van der Waals surface area contributed by atoms with E-state index in [1.54, 1.807) is 11.3 Å². The lowest BCUT2D eigenvalue weighted by Crippen LogP contribution is -2.41. The molecule has 2 heterocycles. The number of guanidine groups is 1. The minimum Gasteiger partial charge on any atom is -0.376 e. The average Bonchev–Trinajstić information content (AvgIpc) is 3.05. The maximum Gasteiger partial charge on any atom is 0.191 e. The van der Waals surface area contributed by atoms with E-state index in [9.17, 15) is 0 Å². The summed E-state index contributed by atoms with van der Waals surface area (Å²) in [4.78, 5) is 8.72. The lowest BCUT2D eigenvalue weighted by Gasteiger charge is -2.14. The van der Waals surface area contributed by atoms with E-state index in [1.165, 1.54) is 6.42 Å². The van der Waals surface area contributed by atoms with Crippen LogP contribution in [0.5, 0.6) is 0 Å². The van der Waals surface area contributed by atoms with Crippen LogP contribution >= 0.6 is 35.3 Å². The predicted octanol–water partition coefficient (Wildman–Crippen LogP) is 2.00. The minimum absolute atomic E-state index is 0. The summed E-state index contributed by atoms with van der Waals surface area (Å²) in [5, 5.41) is 9.55. The largest absolute Gasteiger partial charge is 0.376 e. The Bertz CT molecular complexity index is 366. The van der Waals surface area contributed by atoms with Gasteiger partial charge in [-0.25, -0.2) is 9.98 Å². The molecule has 0 amide bonds. The summed E-state index contributed by atoms with van der Waals surface area (Å²) < 4.78 is 5.58. The molecular weight excluding hydrogens is 375 g/mol. The summed E-state index contributed by atoms with van der Waals surface area (Å²) in [5.74, 6) is 0.836. The molecule has 2 N–H and O–H groups in total. The molecule has 0 aliphatic carbocycles. The smallest absolute Gasteiger partial charge is 0.191 e. The van der Waals surface area contributed by atoms with E-state index in [4.69, 9.17) is 4.74 Å². The van der Waals surface area contributed by atoms with E-state index in [0.717, 1.165) is 37.1 Å². The second-order valence-electron chi connectivity index (χ2n) is 4.14. The fourth-order valence-corrected chi connectivity index (χ4v) is 2.37. The Morgan fingerprint density at radius 3 is 3.11 bits per heavy atom. The Labute approximate surface area is 135 Å². The van der Waals surface area contributed by atoms with Crippen LogP contribution in [0.1, 0.15) is 24.8 Å². The van der Waals surface area contributed by atoms with Crippen LogP contribution in [0.2, 0.25) is 0 Å². The number of thiazole rings is 1. The summed E-state index contributed by atoms with van der Waals surface area (Å²) >= 11 is 1.63. The van der Waals surface area contributed by atoms with E-state index < -0.39 is 0 Å². The zero-order chi connectivity index (χ0) is 12.6. The maximum absolute atomic E-state index is 5.58. The zero-order valence-corrected chi connectivity index (χ0v) is 14.2. The van der Waals surface area contributed by atoms with Crippen LogP contribution in [-0.4, -0.2) is 36.7 Å². The molecular formula is C12H21IN4OS. The second kappa shape index (κ2) is 9.49. The highest BCUT2D eigenvalue weighted by Gasteiger charge is 2.15. The van der Waals surface area contributed by atoms with Crippen molar-refractivity contribution in [3.05, 3.63) is 16.6 Å². The molecule has 0 saturated carbocycles. The van der Waals surface area contributed by atoms with Crippen LogP contribution in [0.3, 0.4) is 0 Å². The number of hydrogen-bond donors (Lipinski definition) is 2. The van der Waals surface area contributed by atoms with Crippen molar-refractivity contribution in [1.82, 2.24) is 15.6 Å². The monoisotopic (exact) mass is 396 g/mol. The Hall–Kier alpha value is -0.410. The van der Waals surface area contributed by atoms with Gasteiger partial charge in [0.25, 0.3) is 0 Å². The quantitative estimate of drug-likeness (QED) is 0.454. The lowest BCUT2D eigenvalue weighted by atomic mass is 10.2. The third kappa shape index (κ3) is 6.05. The van der Waals surface area contributed by atoms with Crippen LogP contribution < -0.4 is 10.6 Å². The molecule has 1 aliphatic heterocycles. The van der Waals surface area contributed by atoms with Crippen molar-refractivity contribution < 1.29 is 4.74 Å². The van der Waals surface area contributed by atoms with Gasteiger partial charge >= 0.3 is 0 Å². The molecule has 7 heteroatoms. The molecule has 0 aromatic carbocycles. The molecule has 1 aromatic rings. The molecule has 1 saturated heterocycles.